The van der Waals surface area contributed by atoms with Crippen molar-refractivity contribution in [1.29, 1.82) is 0 Å². The summed E-state index contributed by atoms with van der Waals surface area (Å²) in [6.45, 7) is 2.32. The third-order valence-corrected chi connectivity index (χ3v) is 4.52. The van der Waals surface area contributed by atoms with Gasteiger partial charge in [0.2, 0.25) is 0 Å². The fourth-order valence-electron chi connectivity index (χ4n) is 3.12. The highest BCUT2D eigenvalue weighted by atomic mass is 14.2. The highest BCUT2D eigenvalue weighted by Crippen LogP contribution is 2.31. The van der Waals surface area contributed by atoms with Gasteiger partial charge < -0.3 is 0 Å². The minimum atomic E-state index is 0.418. The molecule has 0 aliphatic carbocycles. The Morgan fingerprint density at radius 3 is 1.75 bits per heavy atom. The summed E-state index contributed by atoms with van der Waals surface area (Å²) in [6.07, 6.45) is 5.71. The van der Waals surface area contributed by atoms with E-state index < -0.39 is 0 Å². The van der Waals surface area contributed by atoms with Crippen molar-refractivity contribution in [2.45, 2.75) is 25.2 Å². The number of benzene rings is 3. The predicted octanol–water partition coefficient (Wildman–Crippen LogP) is 6.68. The van der Waals surface area contributed by atoms with Crippen LogP contribution in [0.1, 0.15) is 41.9 Å². The maximum absolute atomic E-state index is 2.35. The molecular formula is C24H24. The molecule has 0 aliphatic heterocycles. The topological polar surface area (TPSA) is 0 Å². The first-order valence-electron chi connectivity index (χ1n) is 8.66. The van der Waals surface area contributed by atoms with E-state index in [9.17, 15) is 0 Å². The second-order valence-corrected chi connectivity index (χ2v) is 6.33. The van der Waals surface area contributed by atoms with E-state index in [0.29, 0.717) is 11.8 Å². The van der Waals surface area contributed by atoms with Gasteiger partial charge in [-0.3, -0.25) is 0 Å². The van der Waals surface area contributed by atoms with Gasteiger partial charge >= 0.3 is 0 Å². The van der Waals surface area contributed by atoms with E-state index >= 15 is 0 Å². The van der Waals surface area contributed by atoms with E-state index in [4.69, 9.17) is 0 Å². The molecule has 0 fully saturated rings. The van der Waals surface area contributed by atoms with Crippen LogP contribution in [0.3, 0.4) is 0 Å². The van der Waals surface area contributed by atoms with Crippen LogP contribution in [0.2, 0.25) is 0 Å². The smallest absolute Gasteiger partial charge is 0.00270 e. The molecule has 0 aliphatic rings. The van der Waals surface area contributed by atoms with Gasteiger partial charge in [-0.1, -0.05) is 110 Å². The van der Waals surface area contributed by atoms with Gasteiger partial charge in [-0.15, -0.1) is 0 Å². The Labute approximate surface area is 145 Å². The molecule has 0 N–H and O–H groups in total. The molecule has 3 rings (SSSR count). The lowest BCUT2D eigenvalue weighted by molar-refractivity contribution is 0.630. The summed E-state index contributed by atoms with van der Waals surface area (Å²) in [5.41, 5.74) is 4.05. The van der Waals surface area contributed by atoms with Crippen molar-refractivity contribution in [3.63, 3.8) is 0 Å². The Hall–Kier alpha value is -2.60. The first kappa shape index (κ1) is 16.3. The fraction of sp³-hybridized carbons (Fsp3) is 0.167. The Kier molecular flexibility index (Phi) is 5.63. The molecular weight excluding hydrogens is 288 g/mol. The van der Waals surface area contributed by atoms with Crippen molar-refractivity contribution in [3.8, 4) is 0 Å². The van der Waals surface area contributed by atoms with E-state index in [0.717, 1.165) is 6.42 Å². The first-order chi connectivity index (χ1) is 11.8. The highest BCUT2D eigenvalue weighted by molar-refractivity contribution is 5.50. The van der Waals surface area contributed by atoms with Crippen molar-refractivity contribution in [3.05, 3.63) is 114 Å². The molecule has 0 nitrogen and oxygen atoms in total. The van der Waals surface area contributed by atoms with Gasteiger partial charge in [-0.25, -0.2) is 0 Å². The SMILES string of the molecule is CC(CC(/C=C\c1ccccc1)c1ccccc1)c1ccccc1. The zero-order valence-electron chi connectivity index (χ0n) is 14.2. The van der Waals surface area contributed by atoms with Crippen molar-refractivity contribution in [2.75, 3.05) is 0 Å². The van der Waals surface area contributed by atoms with Gasteiger partial charge in [0.1, 0.15) is 0 Å². The molecule has 0 bridgehead atoms. The maximum Gasteiger partial charge on any atom is 0.00270 e. The second-order valence-electron chi connectivity index (χ2n) is 6.33. The van der Waals surface area contributed by atoms with Crippen LogP contribution in [0, 0.1) is 0 Å². The van der Waals surface area contributed by atoms with Gasteiger partial charge in [0.05, 0.1) is 0 Å². The summed E-state index contributed by atoms with van der Waals surface area (Å²) in [5.74, 6) is 0.943. The van der Waals surface area contributed by atoms with Crippen molar-refractivity contribution in [1.82, 2.24) is 0 Å². The molecule has 120 valence electrons. The second kappa shape index (κ2) is 8.31. The average Bonchev–Trinajstić information content (AvgIpc) is 2.67. The van der Waals surface area contributed by atoms with Crippen molar-refractivity contribution in [2.24, 2.45) is 0 Å². The predicted molar refractivity (Wildman–Crippen MR) is 104 cm³/mol. The monoisotopic (exact) mass is 312 g/mol. The normalized spacial score (nSPS) is 13.7. The van der Waals surface area contributed by atoms with Crippen LogP contribution in [0.5, 0.6) is 0 Å². The quantitative estimate of drug-likeness (QED) is 0.476. The number of allylic oxidation sites excluding steroid dienone is 1. The number of rotatable bonds is 6. The molecule has 0 spiro atoms. The highest BCUT2D eigenvalue weighted by Gasteiger charge is 2.14. The summed E-state index contributed by atoms with van der Waals surface area (Å²) < 4.78 is 0. The molecule has 0 amide bonds. The zero-order valence-corrected chi connectivity index (χ0v) is 14.2. The lowest BCUT2D eigenvalue weighted by Gasteiger charge is -2.19. The Balaban J connectivity index is 1.81. The summed E-state index contributed by atoms with van der Waals surface area (Å²) in [6, 6.07) is 32.2. The maximum atomic E-state index is 2.35. The molecule has 3 aromatic carbocycles. The van der Waals surface area contributed by atoms with Crippen molar-refractivity contribution >= 4 is 6.08 Å². The molecule has 2 atom stereocenters. The molecule has 0 heterocycles. The number of hydrogen-bond acceptors (Lipinski definition) is 0. The largest absolute Gasteiger partial charge is 0.0764 e. The third kappa shape index (κ3) is 4.45. The van der Waals surface area contributed by atoms with Gasteiger partial charge in [0, 0.05) is 5.92 Å². The zero-order chi connectivity index (χ0) is 16.6. The van der Waals surface area contributed by atoms with E-state index in [1.807, 2.05) is 0 Å². The van der Waals surface area contributed by atoms with E-state index in [2.05, 4.69) is 110 Å². The van der Waals surface area contributed by atoms with Gasteiger partial charge in [-0.2, -0.15) is 0 Å². The standard InChI is InChI=1S/C24H24/c1-20(22-13-7-3-8-14-22)19-24(23-15-9-4-10-16-23)18-17-21-11-5-2-6-12-21/h2-18,20,24H,19H2,1H3/b18-17-. The fourth-order valence-corrected chi connectivity index (χ4v) is 3.12. The van der Waals surface area contributed by atoms with Gasteiger partial charge in [0.15, 0.2) is 0 Å². The van der Waals surface area contributed by atoms with Crippen LogP contribution in [0.4, 0.5) is 0 Å². The summed E-state index contributed by atoms with van der Waals surface area (Å²) in [4.78, 5) is 0. The van der Waals surface area contributed by atoms with Crippen LogP contribution in [0.15, 0.2) is 97.1 Å². The number of hydrogen-bond donors (Lipinski definition) is 0. The first-order valence-corrected chi connectivity index (χ1v) is 8.66. The minimum Gasteiger partial charge on any atom is -0.0764 e. The van der Waals surface area contributed by atoms with Crippen LogP contribution >= 0.6 is 0 Å². The van der Waals surface area contributed by atoms with Crippen LogP contribution in [-0.4, -0.2) is 0 Å². The van der Waals surface area contributed by atoms with Crippen LogP contribution in [-0.2, 0) is 0 Å². The van der Waals surface area contributed by atoms with E-state index in [1.165, 1.54) is 16.7 Å². The molecule has 0 saturated carbocycles. The third-order valence-electron chi connectivity index (χ3n) is 4.52. The van der Waals surface area contributed by atoms with Crippen LogP contribution in [0.25, 0.3) is 6.08 Å². The van der Waals surface area contributed by atoms with E-state index in [-0.39, 0.29) is 0 Å². The van der Waals surface area contributed by atoms with E-state index in [1.54, 1.807) is 0 Å². The Morgan fingerprint density at radius 1 is 0.667 bits per heavy atom. The molecule has 0 aromatic heterocycles. The molecule has 0 heteroatoms. The molecule has 2 unspecified atom stereocenters. The summed E-state index contributed by atoms with van der Waals surface area (Å²) >= 11 is 0. The van der Waals surface area contributed by atoms with Crippen LogP contribution < -0.4 is 0 Å². The molecule has 3 aromatic rings. The van der Waals surface area contributed by atoms with Gasteiger partial charge in [0.25, 0.3) is 0 Å². The molecule has 0 saturated heterocycles. The summed E-state index contributed by atoms with van der Waals surface area (Å²) in [5, 5.41) is 0. The Morgan fingerprint density at radius 2 is 1.17 bits per heavy atom. The van der Waals surface area contributed by atoms with Gasteiger partial charge in [-0.05, 0) is 29.0 Å². The lowest BCUT2D eigenvalue weighted by Crippen LogP contribution is -2.02. The minimum absolute atomic E-state index is 0.418. The Bertz CT molecular complexity index is 742. The molecule has 24 heavy (non-hydrogen) atoms. The van der Waals surface area contributed by atoms with Crippen molar-refractivity contribution < 1.29 is 0 Å². The average molecular weight is 312 g/mol. The summed E-state index contributed by atoms with van der Waals surface area (Å²) in [7, 11) is 0. The lowest BCUT2D eigenvalue weighted by atomic mass is 9.85. The molecule has 0 radical (unpaired) electrons.